The van der Waals surface area contributed by atoms with Crippen LogP contribution in [-0.4, -0.2) is 55.2 Å². The van der Waals surface area contributed by atoms with E-state index >= 15 is 0 Å². The van der Waals surface area contributed by atoms with Gasteiger partial charge in [0, 0.05) is 19.2 Å². The van der Waals surface area contributed by atoms with Crippen LogP contribution in [-0.2, 0) is 14.3 Å². The maximum Gasteiger partial charge on any atom is 0.331 e. The number of hydrogen-bond donors (Lipinski definition) is 1. The molecule has 1 heterocycles. The lowest BCUT2D eigenvalue weighted by molar-refractivity contribution is -0.153. The van der Waals surface area contributed by atoms with E-state index < -0.39 is 24.0 Å². The van der Waals surface area contributed by atoms with Crippen LogP contribution in [0.5, 0.6) is 11.5 Å². The number of carbonyl (C=O) groups is 3. The second kappa shape index (κ2) is 10.7. The summed E-state index contributed by atoms with van der Waals surface area (Å²) < 4.78 is 16.3. The van der Waals surface area contributed by atoms with Crippen molar-refractivity contribution in [2.24, 2.45) is 0 Å². The molecule has 1 aromatic rings. The van der Waals surface area contributed by atoms with E-state index in [9.17, 15) is 14.4 Å². The molecule has 9 heteroatoms. The van der Waals surface area contributed by atoms with Gasteiger partial charge in [-0.3, -0.25) is 9.69 Å². The van der Waals surface area contributed by atoms with Crippen LogP contribution < -0.4 is 14.8 Å². The summed E-state index contributed by atoms with van der Waals surface area (Å²) in [5.74, 6) is -0.352. The first-order chi connectivity index (χ1) is 13.9. The summed E-state index contributed by atoms with van der Waals surface area (Å²) >= 11 is 6.29. The largest absolute Gasteiger partial charge is 0.490 e. The zero-order valence-corrected chi connectivity index (χ0v) is 17.5. The van der Waals surface area contributed by atoms with Crippen LogP contribution in [0.3, 0.4) is 0 Å². The standard InChI is InChI=1S/C20H25ClN2O6/c1-4-10-28-18-15(21)11-14(12-16(18)27-5-2)6-7-17(24)29-13(3)19(25)23-9-8-22-20(23)26/h6-7,11-13H,4-5,8-10H2,1-3H3,(H,22,26)/b7-6+/t13-/m0/s1. The van der Waals surface area contributed by atoms with Crippen molar-refractivity contribution in [3.05, 3.63) is 28.8 Å². The van der Waals surface area contributed by atoms with E-state index in [2.05, 4.69) is 5.32 Å². The highest BCUT2D eigenvalue weighted by Gasteiger charge is 2.31. The molecule has 1 saturated heterocycles. The van der Waals surface area contributed by atoms with Gasteiger partial charge in [0.15, 0.2) is 17.6 Å². The van der Waals surface area contributed by atoms with E-state index in [-0.39, 0.29) is 6.54 Å². The number of halogens is 1. The summed E-state index contributed by atoms with van der Waals surface area (Å²) in [5, 5.41) is 2.88. The fourth-order valence-electron chi connectivity index (χ4n) is 2.62. The van der Waals surface area contributed by atoms with Gasteiger partial charge >= 0.3 is 12.0 Å². The lowest BCUT2D eigenvalue weighted by atomic mass is 10.2. The second-order valence-corrected chi connectivity index (χ2v) is 6.65. The van der Waals surface area contributed by atoms with E-state index in [1.807, 2.05) is 13.8 Å². The molecule has 0 saturated carbocycles. The van der Waals surface area contributed by atoms with E-state index in [0.717, 1.165) is 11.3 Å². The van der Waals surface area contributed by atoms with Crippen molar-refractivity contribution in [3.8, 4) is 11.5 Å². The van der Waals surface area contributed by atoms with E-state index in [1.54, 1.807) is 12.1 Å². The van der Waals surface area contributed by atoms with Gasteiger partial charge < -0.3 is 19.5 Å². The lowest BCUT2D eigenvalue weighted by Gasteiger charge is -2.17. The molecule has 1 aliphatic heterocycles. The van der Waals surface area contributed by atoms with Gasteiger partial charge in [-0.15, -0.1) is 0 Å². The number of imide groups is 1. The molecule has 1 N–H and O–H groups in total. The molecule has 2 rings (SSSR count). The predicted molar refractivity (Wildman–Crippen MR) is 108 cm³/mol. The third-order valence-electron chi connectivity index (χ3n) is 3.96. The maximum atomic E-state index is 12.2. The Hall–Kier alpha value is -2.74. The minimum atomic E-state index is -1.08. The van der Waals surface area contributed by atoms with Gasteiger partial charge in [0.2, 0.25) is 0 Å². The van der Waals surface area contributed by atoms with Crippen LogP contribution in [0, 0.1) is 0 Å². The first-order valence-corrected chi connectivity index (χ1v) is 9.82. The van der Waals surface area contributed by atoms with Crippen molar-refractivity contribution >= 4 is 35.6 Å². The Bertz CT molecular complexity index is 795. The number of nitrogens with zero attached hydrogens (tertiary/aromatic N) is 1. The third-order valence-corrected chi connectivity index (χ3v) is 4.24. The number of carbonyl (C=O) groups excluding carboxylic acids is 3. The first kappa shape index (κ1) is 22.5. The number of benzene rings is 1. The molecule has 1 aromatic carbocycles. The molecule has 0 aliphatic carbocycles. The molecule has 0 spiro atoms. The molecule has 0 bridgehead atoms. The molecule has 3 amide bonds. The molecule has 0 unspecified atom stereocenters. The number of amides is 3. The SMILES string of the molecule is CCCOc1c(Cl)cc(/C=C/C(=O)O[C@@H](C)C(=O)N2CCNC2=O)cc1OCC. The normalized spacial score (nSPS) is 14.6. The number of rotatable bonds is 9. The van der Waals surface area contributed by atoms with Crippen molar-refractivity contribution in [2.45, 2.75) is 33.3 Å². The molecular weight excluding hydrogens is 400 g/mol. The van der Waals surface area contributed by atoms with Gasteiger partial charge in [0.25, 0.3) is 5.91 Å². The van der Waals surface area contributed by atoms with Crippen molar-refractivity contribution in [1.82, 2.24) is 10.2 Å². The number of nitrogens with one attached hydrogen (secondary N) is 1. The maximum absolute atomic E-state index is 12.2. The number of urea groups is 1. The Balaban J connectivity index is 2.04. The molecule has 1 aliphatic rings. The number of hydrogen-bond acceptors (Lipinski definition) is 6. The highest BCUT2D eigenvalue weighted by atomic mass is 35.5. The van der Waals surface area contributed by atoms with Gasteiger partial charge in [-0.2, -0.15) is 0 Å². The average molecular weight is 425 g/mol. The van der Waals surface area contributed by atoms with Crippen LogP contribution in [0.1, 0.15) is 32.8 Å². The highest BCUT2D eigenvalue weighted by Crippen LogP contribution is 2.37. The molecule has 8 nitrogen and oxygen atoms in total. The Labute approximate surface area is 174 Å². The van der Waals surface area contributed by atoms with Crippen LogP contribution in [0.4, 0.5) is 4.79 Å². The van der Waals surface area contributed by atoms with E-state index in [0.29, 0.717) is 41.8 Å². The van der Waals surface area contributed by atoms with Crippen LogP contribution in [0.25, 0.3) is 6.08 Å². The summed E-state index contributed by atoms with van der Waals surface area (Å²) in [5.41, 5.74) is 0.608. The summed E-state index contributed by atoms with van der Waals surface area (Å²) in [6.45, 7) is 6.81. The summed E-state index contributed by atoms with van der Waals surface area (Å²) in [6.07, 6.45) is 2.43. The number of ether oxygens (including phenoxy) is 3. The average Bonchev–Trinajstić information content (AvgIpc) is 3.11. The van der Waals surface area contributed by atoms with Crippen molar-refractivity contribution in [1.29, 1.82) is 0 Å². The molecular formula is C20H25ClN2O6. The fraction of sp³-hybridized carbons (Fsp3) is 0.450. The fourth-order valence-corrected chi connectivity index (χ4v) is 2.89. The van der Waals surface area contributed by atoms with Gasteiger partial charge in [0.1, 0.15) is 0 Å². The third kappa shape index (κ3) is 6.12. The van der Waals surface area contributed by atoms with Crippen LogP contribution >= 0.6 is 11.6 Å². The zero-order chi connectivity index (χ0) is 21.4. The Morgan fingerprint density at radius 3 is 2.69 bits per heavy atom. The summed E-state index contributed by atoms with van der Waals surface area (Å²) in [7, 11) is 0. The number of esters is 1. The lowest BCUT2D eigenvalue weighted by Crippen LogP contribution is -2.41. The quantitative estimate of drug-likeness (QED) is 0.483. The van der Waals surface area contributed by atoms with Crippen LogP contribution in [0.15, 0.2) is 18.2 Å². The Morgan fingerprint density at radius 2 is 2.07 bits per heavy atom. The van der Waals surface area contributed by atoms with Crippen molar-refractivity contribution in [2.75, 3.05) is 26.3 Å². The minimum Gasteiger partial charge on any atom is -0.490 e. The summed E-state index contributed by atoms with van der Waals surface area (Å²) in [6, 6.07) is 2.85. The van der Waals surface area contributed by atoms with Crippen LogP contribution in [0.2, 0.25) is 5.02 Å². The molecule has 0 aromatic heterocycles. The molecule has 158 valence electrons. The van der Waals surface area contributed by atoms with Gasteiger partial charge in [0.05, 0.1) is 18.2 Å². The van der Waals surface area contributed by atoms with E-state index in [1.165, 1.54) is 19.1 Å². The first-order valence-electron chi connectivity index (χ1n) is 9.44. The van der Waals surface area contributed by atoms with E-state index in [4.69, 9.17) is 25.8 Å². The topological polar surface area (TPSA) is 94.2 Å². The highest BCUT2D eigenvalue weighted by molar-refractivity contribution is 6.32. The summed E-state index contributed by atoms with van der Waals surface area (Å²) in [4.78, 5) is 36.8. The minimum absolute atomic E-state index is 0.251. The Morgan fingerprint density at radius 1 is 1.31 bits per heavy atom. The van der Waals surface area contributed by atoms with Gasteiger partial charge in [-0.1, -0.05) is 18.5 Å². The monoisotopic (exact) mass is 424 g/mol. The van der Waals surface area contributed by atoms with Crippen molar-refractivity contribution in [3.63, 3.8) is 0 Å². The van der Waals surface area contributed by atoms with Crippen molar-refractivity contribution < 1.29 is 28.6 Å². The van der Waals surface area contributed by atoms with Gasteiger partial charge in [-0.25, -0.2) is 9.59 Å². The predicted octanol–water partition coefficient (Wildman–Crippen LogP) is 3.02. The molecule has 1 atom stereocenters. The second-order valence-electron chi connectivity index (χ2n) is 6.25. The molecule has 1 fully saturated rings. The smallest absolute Gasteiger partial charge is 0.331 e. The molecule has 29 heavy (non-hydrogen) atoms. The zero-order valence-electron chi connectivity index (χ0n) is 16.7. The van der Waals surface area contributed by atoms with Gasteiger partial charge in [-0.05, 0) is 44.0 Å². The molecule has 0 radical (unpaired) electrons. The Kier molecular flexibility index (Phi) is 8.33.